The van der Waals surface area contributed by atoms with Gasteiger partial charge in [0, 0.05) is 13.1 Å². The summed E-state index contributed by atoms with van der Waals surface area (Å²) in [5.74, 6) is 0.596. The van der Waals surface area contributed by atoms with E-state index in [0.717, 1.165) is 66.7 Å². The van der Waals surface area contributed by atoms with Crippen LogP contribution in [0, 0.1) is 5.92 Å². The van der Waals surface area contributed by atoms with E-state index in [1.807, 2.05) is 30.5 Å². The van der Waals surface area contributed by atoms with E-state index in [1.54, 1.807) is 11.3 Å². The number of pyridine rings is 1. The maximum Gasteiger partial charge on any atom is 0.258 e. The van der Waals surface area contributed by atoms with Crippen molar-refractivity contribution in [2.24, 2.45) is 5.92 Å². The highest BCUT2D eigenvalue weighted by atomic mass is 35.5. The van der Waals surface area contributed by atoms with Gasteiger partial charge in [-0.05, 0) is 78.9 Å². The third kappa shape index (κ3) is 5.46. The molecule has 0 aliphatic carbocycles. The van der Waals surface area contributed by atoms with Gasteiger partial charge in [-0.25, -0.2) is 4.98 Å². The Kier molecular flexibility index (Phi) is 8.47. The number of halogens is 2. The zero-order valence-corrected chi connectivity index (χ0v) is 20.3. The van der Waals surface area contributed by atoms with Crippen molar-refractivity contribution in [1.82, 2.24) is 19.6 Å². The fourth-order valence-corrected chi connectivity index (χ4v) is 5.77. The molecule has 2 aliphatic heterocycles. The highest BCUT2D eigenvalue weighted by Crippen LogP contribution is 2.34. The number of carbonyl (C=O) groups is 1. The predicted molar refractivity (Wildman–Crippen MR) is 134 cm³/mol. The van der Waals surface area contributed by atoms with Crippen molar-refractivity contribution in [3.8, 4) is 0 Å². The van der Waals surface area contributed by atoms with Crippen molar-refractivity contribution >= 4 is 65.5 Å². The van der Waals surface area contributed by atoms with Gasteiger partial charge in [0.1, 0.15) is 5.65 Å². The van der Waals surface area contributed by atoms with Gasteiger partial charge in [-0.1, -0.05) is 17.8 Å². The van der Waals surface area contributed by atoms with Gasteiger partial charge >= 0.3 is 0 Å². The molecule has 1 saturated heterocycles. The van der Waals surface area contributed by atoms with Gasteiger partial charge in [0.05, 0.1) is 21.8 Å². The fraction of sp³-hybridized carbons (Fsp3) is 0.364. The van der Waals surface area contributed by atoms with Crippen molar-refractivity contribution in [2.45, 2.75) is 24.3 Å². The van der Waals surface area contributed by atoms with Crippen LogP contribution in [0.4, 0.5) is 0 Å². The van der Waals surface area contributed by atoms with Gasteiger partial charge in [-0.3, -0.25) is 9.20 Å². The van der Waals surface area contributed by atoms with Crippen LogP contribution in [-0.4, -0.2) is 46.4 Å². The number of hydrogen-bond donors (Lipinski definition) is 1. The van der Waals surface area contributed by atoms with Crippen LogP contribution in [0.2, 0.25) is 0 Å². The fourth-order valence-electron chi connectivity index (χ4n) is 4.06. The number of aromatic nitrogens is 2. The number of carbonyl (C=O) groups excluding carboxylic acids is 1. The molecular formula is C22H26Cl2N4OS2. The predicted octanol–water partition coefficient (Wildman–Crippen LogP) is 4.76. The van der Waals surface area contributed by atoms with Crippen LogP contribution in [0.15, 0.2) is 51.2 Å². The number of thiophene rings is 1. The second kappa shape index (κ2) is 10.9. The Bertz CT molecular complexity index is 1040. The van der Waals surface area contributed by atoms with E-state index in [2.05, 4.69) is 36.4 Å². The summed E-state index contributed by atoms with van der Waals surface area (Å²) in [6.07, 6.45) is 7.22. The van der Waals surface area contributed by atoms with Gasteiger partial charge < -0.3 is 10.2 Å². The second-order valence-electron chi connectivity index (χ2n) is 7.73. The van der Waals surface area contributed by atoms with Crippen LogP contribution in [0.1, 0.15) is 24.1 Å². The summed E-state index contributed by atoms with van der Waals surface area (Å²) in [5.41, 5.74) is 3.34. The van der Waals surface area contributed by atoms with Gasteiger partial charge in [0.2, 0.25) is 0 Å². The van der Waals surface area contributed by atoms with Gasteiger partial charge in [0.25, 0.3) is 5.91 Å². The molecule has 5 rings (SSSR count). The first-order valence-electron chi connectivity index (χ1n) is 10.1. The first-order chi connectivity index (χ1) is 14.3. The summed E-state index contributed by atoms with van der Waals surface area (Å²) in [4.78, 5) is 20.5. The molecule has 0 radical (unpaired) electrons. The Balaban J connectivity index is 0.00000136. The van der Waals surface area contributed by atoms with Crippen LogP contribution in [0.5, 0.6) is 0 Å². The Hall–Kier alpha value is -1.51. The molecule has 1 fully saturated rings. The molecule has 0 spiro atoms. The zero-order valence-electron chi connectivity index (χ0n) is 17.0. The summed E-state index contributed by atoms with van der Waals surface area (Å²) in [5, 5.41) is 8.61. The van der Waals surface area contributed by atoms with Gasteiger partial charge in [-0.15, -0.1) is 24.8 Å². The Morgan fingerprint density at radius 3 is 2.81 bits per heavy atom. The SMILES string of the molecule is Cl.Cl.O=C(NCC1CCN(CCc2ccsc2)CC1)C1=Cc2cnc3cccc(n23)S1. The minimum absolute atomic E-state index is 0. The molecule has 0 atom stereocenters. The maximum absolute atomic E-state index is 12.8. The van der Waals surface area contributed by atoms with Gasteiger partial charge in [0.15, 0.2) is 0 Å². The first-order valence-corrected chi connectivity index (χ1v) is 11.9. The summed E-state index contributed by atoms with van der Waals surface area (Å²) in [6.45, 7) is 4.16. The third-order valence-electron chi connectivity index (χ3n) is 5.79. The summed E-state index contributed by atoms with van der Waals surface area (Å²) in [7, 11) is 0. The molecule has 2 aliphatic rings. The minimum atomic E-state index is 0. The standard InChI is InChI=1S/C22H24N4OS2.2ClH/c27-22(19-12-18-14-23-20-2-1-3-21(29-19)26(18)20)24-13-16-4-8-25(9-5-16)10-6-17-7-11-28-15-17;;/h1-3,7,11-12,14-16H,4-6,8-10,13H2,(H,24,27);2*1H. The minimum Gasteiger partial charge on any atom is -0.351 e. The molecule has 3 aromatic rings. The number of nitrogens with zero attached hydrogens (tertiary/aromatic N) is 3. The molecule has 31 heavy (non-hydrogen) atoms. The molecule has 166 valence electrons. The molecule has 0 bridgehead atoms. The van der Waals surface area contributed by atoms with Crippen LogP contribution in [0.25, 0.3) is 11.7 Å². The quantitative estimate of drug-likeness (QED) is 0.534. The molecule has 0 unspecified atom stereocenters. The molecular weight excluding hydrogens is 471 g/mol. The lowest BCUT2D eigenvalue weighted by Gasteiger charge is -2.32. The van der Waals surface area contributed by atoms with E-state index < -0.39 is 0 Å². The topological polar surface area (TPSA) is 49.6 Å². The number of amides is 1. The van der Waals surface area contributed by atoms with E-state index in [9.17, 15) is 4.79 Å². The molecule has 1 amide bonds. The number of hydrogen-bond acceptors (Lipinski definition) is 5. The van der Waals surface area contributed by atoms with Crippen molar-refractivity contribution in [3.63, 3.8) is 0 Å². The Morgan fingerprint density at radius 2 is 2.03 bits per heavy atom. The van der Waals surface area contributed by atoms with Crippen molar-refractivity contribution in [1.29, 1.82) is 0 Å². The highest BCUT2D eigenvalue weighted by molar-refractivity contribution is 8.04. The summed E-state index contributed by atoms with van der Waals surface area (Å²) in [6, 6.07) is 8.23. The monoisotopic (exact) mass is 496 g/mol. The van der Waals surface area contributed by atoms with E-state index in [1.165, 1.54) is 17.3 Å². The molecule has 0 aromatic carbocycles. The van der Waals surface area contributed by atoms with Crippen molar-refractivity contribution in [3.05, 3.63) is 57.4 Å². The number of imidazole rings is 1. The average Bonchev–Trinajstić information content (AvgIpc) is 3.42. The number of piperidine rings is 1. The number of rotatable bonds is 6. The number of nitrogens with one attached hydrogen (secondary N) is 1. The number of likely N-dealkylation sites (tertiary alicyclic amines) is 1. The first kappa shape index (κ1) is 24.1. The zero-order chi connectivity index (χ0) is 19.6. The highest BCUT2D eigenvalue weighted by Gasteiger charge is 2.23. The van der Waals surface area contributed by atoms with E-state index in [-0.39, 0.29) is 30.7 Å². The molecule has 3 aromatic heterocycles. The van der Waals surface area contributed by atoms with Crippen molar-refractivity contribution < 1.29 is 4.79 Å². The van der Waals surface area contributed by atoms with Crippen LogP contribution >= 0.6 is 47.9 Å². The van der Waals surface area contributed by atoms with Crippen molar-refractivity contribution in [2.75, 3.05) is 26.2 Å². The van der Waals surface area contributed by atoms with Gasteiger partial charge in [-0.2, -0.15) is 11.3 Å². The third-order valence-corrected chi connectivity index (χ3v) is 7.58. The van der Waals surface area contributed by atoms with Crippen LogP contribution < -0.4 is 5.32 Å². The normalized spacial score (nSPS) is 16.3. The lowest BCUT2D eigenvalue weighted by molar-refractivity contribution is -0.117. The lowest BCUT2D eigenvalue weighted by Crippen LogP contribution is -2.39. The van der Waals surface area contributed by atoms with Crippen LogP contribution in [0.3, 0.4) is 0 Å². The molecule has 1 N–H and O–H groups in total. The molecule has 0 saturated carbocycles. The lowest BCUT2D eigenvalue weighted by atomic mass is 9.96. The largest absolute Gasteiger partial charge is 0.351 e. The molecule has 5 nitrogen and oxygen atoms in total. The maximum atomic E-state index is 12.8. The van der Waals surface area contributed by atoms with Crippen LogP contribution in [-0.2, 0) is 11.2 Å². The smallest absolute Gasteiger partial charge is 0.258 e. The summed E-state index contributed by atoms with van der Waals surface area (Å²) < 4.78 is 2.09. The molecule has 9 heteroatoms. The van der Waals surface area contributed by atoms with E-state index in [4.69, 9.17) is 0 Å². The molecule has 5 heterocycles. The Morgan fingerprint density at radius 1 is 1.19 bits per heavy atom. The average molecular weight is 498 g/mol. The number of thioether (sulfide) groups is 1. The second-order valence-corrected chi connectivity index (χ2v) is 9.57. The summed E-state index contributed by atoms with van der Waals surface area (Å²) >= 11 is 3.29. The Labute approximate surface area is 203 Å². The van der Waals surface area contributed by atoms with E-state index >= 15 is 0 Å². The van der Waals surface area contributed by atoms with E-state index in [0.29, 0.717) is 5.92 Å².